The van der Waals surface area contributed by atoms with Gasteiger partial charge in [0.25, 0.3) is 0 Å². The maximum absolute atomic E-state index is 6.02. The first-order valence-corrected chi connectivity index (χ1v) is 6.80. The van der Waals surface area contributed by atoms with Gasteiger partial charge in [-0.15, -0.1) is 0 Å². The molecule has 0 spiro atoms. The van der Waals surface area contributed by atoms with Crippen molar-refractivity contribution in [3.8, 4) is 5.75 Å². The number of halogens is 2. The summed E-state index contributed by atoms with van der Waals surface area (Å²) in [5, 5.41) is 4.31. The molecule has 1 aromatic rings. The van der Waals surface area contributed by atoms with Crippen LogP contribution in [-0.2, 0) is 0 Å². The first-order valence-electron chi connectivity index (χ1n) is 6.04. The highest BCUT2D eigenvalue weighted by molar-refractivity contribution is 6.35. The molecule has 102 valence electrons. The molecule has 0 atom stereocenters. The Kier molecular flexibility index (Phi) is 7.44. The molecule has 0 saturated heterocycles. The van der Waals surface area contributed by atoms with E-state index in [1.165, 1.54) is 0 Å². The third-order valence-corrected chi connectivity index (χ3v) is 3.12. The quantitative estimate of drug-likeness (QED) is 0.745. The maximum atomic E-state index is 6.02. The lowest BCUT2D eigenvalue weighted by Gasteiger charge is -2.17. The van der Waals surface area contributed by atoms with E-state index in [1.54, 1.807) is 18.2 Å². The van der Waals surface area contributed by atoms with Crippen LogP contribution in [0.2, 0.25) is 10.0 Å². The third kappa shape index (κ3) is 5.91. The van der Waals surface area contributed by atoms with E-state index in [4.69, 9.17) is 27.9 Å². The van der Waals surface area contributed by atoms with Crippen molar-refractivity contribution < 1.29 is 4.74 Å². The fraction of sp³-hybridized carbons (Fsp3) is 0.538. The summed E-state index contributed by atoms with van der Waals surface area (Å²) in [6.45, 7) is 3.59. The van der Waals surface area contributed by atoms with Crippen LogP contribution in [0.5, 0.6) is 5.75 Å². The van der Waals surface area contributed by atoms with Crippen LogP contribution < -0.4 is 10.1 Å². The number of hydrogen-bond acceptors (Lipinski definition) is 3. The smallest absolute Gasteiger partial charge is 0.138 e. The van der Waals surface area contributed by atoms with Crippen LogP contribution in [0.4, 0.5) is 0 Å². The number of hydrogen-bond donors (Lipinski definition) is 1. The van der Waals surface area contributed by atoms with Crippen molar-refractivity contribution in [3.05, 3.63) is 28.2 Å². The number of likely N-dealkylation sites (N-methyl/N-ethyl adjacent to an activating group) is 1. The Morgan fingerprint density at radius 1 is 1.28 bits per heavy atom. The summed E-state index contributed by atoms with van der Waals surface area (Å²) < 4.78 is 5.62. The Balaban J connectivity index is 2.24. The van der Waals surface area contributed by atoms with E-state index >= 15 is 0 Å². The van der Waals surface area contributed by atoms with Crippen LogP contribution >= 0.6 is 23.2 Å². The Bertz CT molecular complexity index is 361. The van der Waals surface area contributed by atoms with Crippen LogP contribution in [0.3, 0.4) is 0 Å². The van der Waals surface area contributed by atoms with Crippen molar-refractivity contribution in [3.63, 3.8) is 0 Å². The minimum atomic E-state index is 0.556. The van der Waals surface area contributed by atoms with E-state index in [-0.39, 0.29) is 0 Å². The van der Waals surface area contributed by atoms with Crippen molar-refractivity contribution in [2.45, 2.75) is 6.42 Å². The lowest BCUT2D eigenvalue weighted by atomic mass is 10.3. The molecule has 1 rings (SSSR count). The highest BCUT2D eigenvalue weighted by atomic mass is 35.5. The van der Waals surface area contributed by atoms with Crippen molar-refractivity contribution in [1.82, 2.24) is 10.2 Å². The molecule has 0 amide bonds. The summed E-state index contributed by atoms with van der Waals surface area (Å²) in [7, 11) is 4.05. The average Bonchev–Trinajstić information content (AvgIpc) is 2.32. The van der Waals surface area contributed by atoms with Crippen molar-refractivity contribution in [2.24, 2.45) is 0 Å². The molecule has 5 heteroatoms. The van der Waals surface area contributed by atoms with Gasteiger partial charge < -0.3 is 15.0 Å². The average molecular weight is 291 g/mol. The second-order valence-corrected chi connectivity index (χ2v) is 5.03. The van der Waals surface area contributed by atoms with E-state index in [0.717, 1.165) is 26.1 Å². The molecule has 0 aromatic heterocycles. The summed E-state index contributed by atoms with van der Waals surface area (Å²) in [5.41, 5.74) is 0. The van der Waals surface area contributed by atoms with Crippen molar-refractivity contribution in [2.75, 3.05) is 40.3 Å². The zero-order valence-corrected chi connectivity index (χ0v) is 12.4. The molecule has 0 saturated carbocycles. The van der Waals surface area contributed by atoms with Gasteiger partial charge in [-0.3, -0.25) is 0 Å². The first kappa shape index (κ1) is 15.6. The third-order valence-electron chi connectivity index (χ3n) is 2.59. The molecule has 0 aliphatic heterocycles. The van der Waals surface area contributed by atoms with Gasteiger partial charge in [0.2, 0.25) is 0 Å². The van der Waals surface area contributed by atoms with Gasteiger partial charge in [0.1, 0.15) is 12.4 Å². The Hall–Kier alpha value is -0.480. The molecule has 0 radical (unpaired) electrons. The van der Waals surface area contributed by atoms with Gasteiger partial charge in [0.05, 0.1) is 5.02 Å². The lowest BCUT2D eigenvalue weighted by Crippen LogP contribution is -2.27. The van der Waals surface area contributed by atoms with E-state index in [1.807, 2.05) is 7.05 Å². The molecule has 0 heterocycles. The van der Waals surface area contributed by atoms with Gasteiger partial charge in [-0.05, 0) is 51.8 Å². The maximum Gasteiger partial charge on any atom is 0.138 e. The number of rotatable bonds is 8. The monoisotopic (exact) mass is 290 g/mol. The number of ether oxygens (including phenoxy) is 1. The first-order chi connectivity index (χ1) is 8.63. The van der Waals surface area contributed by atoms with Crippen LogP contribution in [-0.4, -0.2) is 45.2 Å². The minimum absolute atomic E-state index is 0.556. The van der Waals surface area contributed by atoms with Gasteiger partial charge in [0, 0.05) is 11.6 Å². The van der Waals surface area contributed by atoms with Crippen LogP contribution in [0, 0.1) is 0 Å². The van der Waals surface area contributed by atoms with Gasteiger partial charge in [-0.1, -0.05) is 23.2 Å². The standard InChI is InChI=1S/C13H20Cl2N2O/c1-16-6-3-7-17(2)8-9-18-13-5-4-11(14)10-12(13)15/h4-5,10,16H,3,6-9H2,1-2H3. The molecule has 0 aliphatic carbocycles. The minimum Gasteiger partial charge on any atom is -0.491 e. The second-order valence-electron chi connectivity index (χ2n) is 4.18. The van der Waals surface area contributed by atoms with Gasteiger partial charge in [0.15, 0.2) is 0 Å². The SMILES string of the molecule is CNCCCN(C)CCOc1ccc(Cl)cc1Cl. The predicted octanol–water partition coefficient (Wildman–Crippen LogP) is 2.91. The summed E-state index contributed by atoms with van der Waals surface area (Å²) >= 11 is 11.8. The predicted molar refractivity (Wildman–Crippen MR) is 78.0 cm³/mol. The summed E-state index contributed by atoms with van der Waals surface area (Å²) in [6, 6.07) is 5.26. The number of nitrogens with one attached hydrogen (secondary N) is 1. The Morgan fingerprint density at radius 2 is 2.06 bits per heavy atom. The van der Waals surface area contributed by atoms with E-state index in [0.29, 0.717) is 22.4 Å². The number of nitrogens with zero attached hydrogens (tertiary/aromatic N) is 1. The molecule has 3 nitrogen and oxygen atoms in total. The zero-order valence-electron chi connectivity index (χ0n) is 10.9. The fourth-order valence-corrected chi connectivity index (χ4v) is 2.00. The van der Waals surface area contributed by atoms with E-state index in [2.05, 4.69) is 17.3 Å². The molecule has 18 heavy (non-hydrogen) atoms. The van der Waals surface area contributed by atoms with Crippen LogP contribution in [0.15, 0.2) is 18.2 Å². The molecule has 0 fully saturated rings. The van der Waals surface area contributed by atoms with Crippen molar-refractivity contribution >= 4 is 23.2 Å². The molecule has 0 bridgehead atoms. The molecular weight excluding hydrogens is 271 g/mol. The summed E-state index contributed by atoms with van der Waals surface area (Å²) in [4.78, 5) is 2.24. The van der Waals surface area contributed by atoms with Gasteiger partial charge in [-0.2, -0.15) is 0 Å². The Morgan fingerprint density at radius 3 is 2.72 bits per heavy atom. The highest BCUT2D eigenvalue weighted by Crippen LogP contribution is 2.27. The molecule has 0 unspecified atom stereocenters. The van der Waals surface area contributed by atoms with E-state index in [9.17, 15) is 0 Å². The Labute approximate surface area is 119 Å². The molecular formula is C13H20Cl2N2O. The lowest BCUT2D eigenvalue weighted by molar-refractivity contribution is 0.236. The summed E-state index contributed by atoms with van der Waals surface area (Å²) in [5.74, 6) is 0.685. The van der Waals surface area contributed by atoms with Crippen LogP contribution in [0.25, 0.3) is 0 Å². The fourth-order valence-electron chi connectivity index (χ4n) is 1.54. The van der Waals surface area contributed by atoms with Gasteiger partial charge >= 0.3 is 0 Å². The topological polar surface area (TPSA) is 24.5 Å². The molecule has 1 N–H and O–H groups in total. The summed E-state index contributed by atoms with van der Waals surface area (Å²) in [6.07, 6.45) is 1.13. The normalized spacial score (nSPS) is 10.9. The zero-order chi connectivity index (χ0) is 13.4. The highest BCUT2D eigenvalue weighted by Gasteiger charge is 2.03. The van der Waals surface area contributed by atoms with Crippen LogP contribution in [0.1, 0.15) is 6.42 Å². The number of benzene rings is 1. The molecule has 1 aromatic carbocycles. The largest absolute Gasteiger partial charge is 0.491 e. The van der Waals surface area contributed by atoms with Crippen molar-refractivity contribution in [1.29, 1.82) is 0 Å². The van der Waals surface area contributed by atoms with Gasteiger partial charge in [-0.25, -0.2) is 0 Å². The van der Waals surface area contributed by atoms with E-state index < -0.39 is 0 Å². The second kappa shape index (κ2) is 8.59. The molecule has 0 aliphatic rings.